The van der Waals surface area contributed by atoms with Crippen LogP contribution in [0.25, 0.3) is 0 Å². The summed E-state index contributed by atoms with van der Waals surface area (Å²) in [5.74, 6) is 2.01. The van der Waals surface area contributed by atoms with E-state index < -0.39 is 0 Å². The molecule has 0 spiro atoms. The third-order valence-corrected chi connectivity index (χ3v) is 5.47. The second-order valence-electron chi connectivity index (χ2n) is 5.45. The highest BCUT2D eigenvalue weighted by atomic mass is 79.9. The van der Waals surface area contributed by atoms with Gasteiger partial charge >= 0.3 is 0 Å². The summed E-state index contributed by atoms with van der Waals surface area (Å²) in [5, 5.41) is 3.57. The van der Waals surface area contributed by atoms with Gasteiger partial charge in [-0.25, -0.2) is 0 Å². The first-order chi connectivity index (χ1) is 10.7. The number of furan rings is 1. The lowest BCUT2D eigenvalue weighted by atomic mass is 10.1. The maximum Gasteiger partial charge on any atom is 0.122 e. The van der Waals surface area contributed by atoms with Gasteiger partial charge in [0.25, 0.3) is 0 Å². The van der Waals surface area contributed by atoms with E-state index in [1.807, 2.05) is 13.0 Å². The lowest BCUT2D eigenvalue weighted by Crippen LogP contribution is -2.42. The van der Waals surface area contributed by atoms with Crippen LogP contribution >= 0.6 is 27.3 Å². The largest absolute Gasteiger partial charge is 0.465 e. The molecule has 0 radical (unpaired) electrons. The van der Waals surface area contributed by atoms with Gasteiger partial charge in [0.2, 0.25) is 0 Å². The summed E-state index contributed by atoms with van der Waals surface area (Å²) in [5.41, 5.74) is 0. The summed E-state index contributed by atoms with van der Waals surface area (Å²) in [6.45, 7) is 7.27. The molecular weight excluding hydrogens is 364 g/mol. The van der Waals surface area contributed by atoms with E-state index in [1.165, 1.54) is 8.66 Å². The third-order valence-electron chi connectivity index (χ3n) is 3.84. The van der Waals surface area contributed by atoms with Gasteiger partial charge in [-0.3, -0.25) is 4.90 Å². The number of morpholine rings is 1. The molecule has 0 aliphatic carbocycles. The fraction of sp³-hybridized carbons (Fsp3) is 0.500. The van der Waals surface area contributed by atoms with E-state index in [-0.39, 0.29) is 6.04 Å². The topological polar surface area (TPSA) is 37.6 Å². The van der Waals surface area contributed by atoms with Crippen molar-refractivity contribution in [3.05, 3.63) is 44.4 Å². The van der Waals surface area contributed by atoms with Gasteiger partial charge in [-0.05, 0) is 47.1 Å². The molecule has 2 aromatic rings. The van der Waals surface area contributed by atoms with Crippen molar-refractivity contribution in [2.45, 2.75) is 19.5 Å². The molecule has 0 amide bonds. The number of rotatable bonds is 6. The quantitative estimate of drug-likeness (QED) is 0.825. The van der Waals surface area contributed by atoms with Gasteiger partial charge in [0, 0.05) is 31.1 Å². The highest BCUT2D eigenvalue weighted by Gasteiger charge is 2.24. The van der Waals surface area contributed by atoms with Gasteiger partial charge in [-0.15, -0.1) is 11.3 Å². The fourth-order valence-corrected chi connectivity index (χ4v) is 4.16. The molecule has 1 saturated heterocycles. The van der Waals surface area contributed by atoms with Crippen LogP contribution in [0.5, 0.6) is 0 Å². The molecule has 1 fully saturated rings. The van der Waals surface area contributed by atoms with Crippen molar-refractivity contribution in [2.75, 3.05) is 32.8 Å². The Morgan fingerprint density at radius 1 is 1.27 bits per heavy atom. The minimum atomic E-state index is 0.265. The summed E-state index contributed by atoms with van der Waals surface area (Å²) in [4.78, 5) is 3.78. The molecule has 1 aliphatic rings. The van der Waals surface area contributed by atoms with Gasteiger partial charge in [0.1, 0.15) is 11.5 Å². The molecule has 1 unspecified atom stereocenters. The second-order valence-corrected chi connectivity index (χ2v) is 8.00. The second kappa shape index (κ2) is 7.75. The summed E-state index contributed by atoms with van der Waals surface area (Å²) in [7, 11) is 0. The number of halogens is 1. The molecule has 2 aromatic heterocycles. The van der Waals surface area contributed by atoms with Gasteiger partial charge in [-0.2, -0.15) is 0 Å². The summed E-state index contributed by atoms with van der Waals surface area (Å²) >= 11 is 5.28. The van der Waals surface area contributed by atoms with E-state index in [1.54, 1.807) is 11.3 Å². The first-order valence-corrected chi connectivity index (χ1v) is 9.16. The van der Waals surface area contributed by atoms with Crippen molar-refractivity contribution in [3.8, 4) is 0 Å². The van der Waals surface area contributed by atoms with Gasteiger partial charge < -0.3 is 14.5 Å². The summed E-state index contributed by atoms with van der Waals surface area (Å²) in [6.07, 6.45) is 0. The Bertz CT molecular complexity index is 592. The van der Waals surface area contributed by atoms with Crippen LogP contribution in [0.2, 0.25) is 0 Å². The van der Waals surface area contributed by atoms with Crippen LogP contribution < -0.4 is 5.32 Å². The number of hydrogen-bond acceptors (Lipinski definition) is 5. The van der Waals surface area contributed by atoms with E-state index in [2.05, 4.69) is 44.3 Å². The average Bonchev–Trinajstić information content (AvgIpc) is 3.13. The Balaban J connectivity index is 1.62. The standard InChI is InChI=1S/C16H21BrN2O2S/c1-12-2-4-15(21-12)14(19-6-8-20-9-7-19)11-18-10-13-3-5-16(17)22-13/h2-5,14,18H,6-11H2,1H3. The third kappa shape index (κ3) is 4.20. The number of aryl methyl sites for hydroxylation is 1. The Kier molecular flexibility index (Phi) is 5.71. The van der Waals surface area contributed by atoms with Crippen molar-refractivity contribution in [2.24, 2.45) is 0 Å². The molecular formula is C16H21BrN2O2S. The van der Waals surface area contributed by atoms with Crippen LogP contribution in [0, 0.1) is 6.92 Å². The van der Waals surface area contributed by atoms with Gasteiger partial charge in [0.05, 0.1) is 23.0 Å². The zero-order chi connectivity index (χ0) is 15.4. The molecule has 3 rings (SSSR count). The molecule has 6 heteroatoms. The molecule has 4 nitrogen and oxygen atoms in total. The molecule has 0 bridgehead atoms. The molecule has 0 aromatic carbocycles. The van der Waals surface area contributed by atoms with Crippen molar-refractivity contribution in [1.29, 1.82) is 0 Å². The molecule has 0 saturated carbocycles. The molecule has 1 atom stereocenters. The van der Waals surface area contributed by atoms with Crippen molar-refractivity contribution in [3.63, 3.8) is 0 Å². The molecule has 1 aliphatic heterocycles. The number of thiophene rings is 1. The minimum Gasteiger partial charge on any atom is -0.465 e. The van der Waals surface area contributed by atoms with Crippen molar-refractivity contribution < 1.29 is 9.15 Å². The van der Waals surface area contributed by atoms with Crippen LogP contribution in [-0.4, -0.2) is 37.7 Å². The highest BCUT2D eigenvalue weighted by molar-refractivity contribution is 9.11. The van der Waals surface area contributed by atoms with E-state index >= 15 is 0 Å². The Morgan fingerprint density at radius 2 is 2.09 bits per heavy atom. The predicted octanol–water partition coefficient (Wildman–Crippen LogP) is 3.58. The van der Waals surface area contributed by atoms with E-state index in [0.29, 0.717) is 0 Å². The lowest BCUT2D eigenvalue weighted by Gasteiger charge is -2.33. The Labute approximate surface area is 143 Å². The molecule has 1 N–H and O–H groups in total. The first-order valence-electron chi connectivity index (χ1n) is 7.55. The Morgan fingerprint density at radius 3 is 2.73 bits per heavy atom. The van der Waals surface area contributed by atoms with Crippen LogP contribution in [0.15, 0.2) is 32.5 Å². The zero-order valence-electron chi connectivity index (χ0n) is 12.7. The maximum atomic E-state index is 5.88. The van der Waals surface area contributed by atoms with Crippen LogP contribution in [-0.2, 0) is 11.3 Å². The number of nitrogens with one attached hydrogen (secondary N) is 1. The van der Waals surface area contributed by atoms with Gasteiger partial charge in [0.15, 0.2) is 0 Å². The van der Waals surface area contributed by atoms with Gasteiger partial charge in [-0.1, -0.05) is 0 Å². The summed E-state index contributed by atoms with van der Waals surface area (Å²) in [6, 6.07) is 8.65. The SMILES string of the molecule is Cc1ccc(C(CNCc2ccc(Br)s2)N2CCOCC2)o1. The zero-order valence-corrected chi connectivity index (χ0v) is 15.1. The summed E-state index contributed by atoms with van der Waals surface area (Å²) < 4.78 is 12.5. The van der Waals surface area contributed by atoms with Crippen molar-refractivity contribution in [1.82, 2.24) is 10.2 Å². The maximum absolute atomic E-state index is 5.88. The van der Waals surface area contributed by atoms with Crippen LogP contribution in [0.3, 0.4) is 0 Å². The minimum absolute atomic E-state index is 0.265. The van der Waals surface area contributed by atoms with Crippen LogP contribution in [0.1, 0.15) is 22.4 Å². The average molecular weight is 385 g/mol. The Hall–Kier alpha value is -0.660. The lowest BCUT2D eigenvalue weighted by molar-refractivity contribution is 0.0115. The normalized spacial score (nSPS) is 17.7. The van der Waals surface area contributed by atoms with E-state index in [4.69, 9.17) is 9.15 Å². The molecule has 3 heterocycles. The first kappa shape index (κ1) is 16.2. The number of ether oxygens (including phenoxy) is 1. The van der Waals surface area contributed by atoms with Crippen molar-refractivity contribution >= 4 is 27.3 Å². The van der Waals surface area contributed by atoms with E-state index in [9.17, 15) is 0 Å². The predicted molar refractivity (Wildman–Crippen MR) is 92.3 cm³/mol. The molecule has 120 valence electrons. The fourth-order valence-electron chi connectivity index (χ4n) is 2.71. The monoisotopic (exact) mass is 384 g/mol. The number of nitrogens with zero attached hydrogens (tertiary/aromatic N) is 1. The highest BCUT2D eigenvalue weighted by Crippen LogP contribution is 2.25. The van der Waals surface area contributed by atoms with Crippen LogP contribution in [0.4, 0.5) is 0 Å². The molecule has 22 heavy (non-hydrogen) atoms. The number of hydrogen-bond donors (Lipinski definition) is 1. The smallest absolute Gasteiger partial charge is 0.122 e. The van der Waals surface area contributed by atoms with E-state index in [0.717, 1.165) is 50.9 Å².